The third-order valence-corrected chi connectivity index (χ3v) is 5.83. The lowest BCUT2D eigenvalue weighted by molar-refractivity contribution is -0.118. The van der Waals surface area contributed by atoms with Crippen LogP contribution in [0.3, 0.4) is 0 Å². The number of rotatable bonds is 5. The highest BCUT2D eigenvalue weighted by molar-refractivity contribution is 5.93. The third kappa shape index (κ3) is 4.42. The average molecular weight is 434 g/mol. The van der Waals surface area contributed by atoms with Crippen molar-refractivity contribution in [2.24, 2.45) is 5.92 Å². The Labute approximate surface area is 187 Å². The summed E-state index contributed by atoms with van der Waals surface area (Å²) in [5, 5.41) is 3.84. The van der Waals surface area contributed by atoms with Crippen molar-refractivity contribution in [1.29, 1.82) is 0 Å². The molecule has 1 atom stereocenters. The van der Waals surface area contributed by atoms with Gasteiger partial charge in [0.2, 0.25) is 0 Å². The van der Waals surface area contributed by atoms with Gasteiger partial charge in [0.15, 0.2) is 18.1 Å². The van der Waals surface area contributed by atoms with Crippen molar-refractivity contribution in [1.82, 2.24) is 4.98 Å². The maximum atomic E-state index is 12.5. The number of hydrogen-bond donors (Lipinski definition) is 1. The van der Waals surface area contributed by atoms with E-state index < -0.39 is 0 Å². The highest BCUT2D eigenvalue weighted by atomic mass is 16.6. The van der Waals surface area contributed by atoms with Crippen LogP contribution in [0.5, 0.6) is 17.2 Å². The molecule has 0 spiro atoms. The number of amides is 1. The van der Waals surface area contributed by atoms with Gasteiger partial charge in [-0.1, -0.05) is 19.1 Å². The lowest BCUT2D eigenvalue weighted by Crippen LogP contribution is -2.34. The molecular weight excluding hydrogens is 406 g/mol. The number of fused-ring (bicyclic) bond motifs is 2. The molecule has 3 heterocycles. The van der Waals surface area contributed by atoms with Crippen LogP contribution >= 0.6 is 0 Å². The molecule has 166 valence electrons. The monoisotopic (exact) mass is 433 g/mol. The maximum Gasteiger partial charge on any atom is 0.262 e. The summed E-state index contributed by atoms with van der Waals surface area (Å²) >= 11 is 0. The molecule has 1 amide bonds. The first kappa shape index (κ1) is 20.4. The fraction of sp³-hybridized carbons (Fsp3) is 0.360. The molecule has 1 fully saturated rings. The predicted octanol–water partition coefficient (Wildman–Crippen LogP) is 4.26. The number of carbonyl (C=O) groups excluding carboxylic acids is 1. The van der Waals surface area contributed by atoms with E-state index in [1.165, 1.54) is 12.8 Å². The smallest absolute Gasteiger partial charge is 0.262 e. The molecule has 5 rings (SSSR count). The van der Waals surface area contributed by atoms with Gasteiger partial charge in [0.25, 0.3) is 5.91 Å². The maximum absolute atomic E-state index is 12.5. The topological polar surface area (TPSA) is 72.9 Å². The molecule has 0 bridgehead atoms. The number of nitrogens with zero attached hydrogens (tertiary/aromatic N) is 2. The molecule has 2 aliphatic heterocycles. The number of hydrogen-bond acceptors (Lipinski definition) is 6. The van der Waals surface area contributed by atoms with E-state index in [9.17, 15) is 4.79 Å². The summed E-state index contributed by atoms with van der Waals surface area (Å²) in [5.74, 6) is 3.29. The lowest BCUT2D eigenvalue weighted by atomic mass is 10.0. The molecule has 0 aliphatic carbocycles. The average Bonchev–Trinajstić information content (AvgIpc) is 2.82. The third-order valence-electron chi connectivity index (χ3n) is 5.83. The van der Waals surface area contributed by atoms with Gasteiger partial charge < -0.3 is 24.4 Å². The molecule has 1 aromatic heterocycles. The van der Waals surface area contributed by atoms with Crippen molar-refractivity contribution in [2.45, 2.75) is 19.8 Å². The van der Waals surface area contributed by atoms with Crippen LogP contribution in [0.15, 0.2) is 48.5 Å². The number of pyridine rings is 1. The Morgan fingerprint density at radius 1 is 1.16 bits per heavy atom. The van der Waals surface area contributed by atoms with Crippen LogP contribution in [0.2, 0.25) is 0 Å². The van der Waals surface area contributed by atoms with Crippen LogP contribution in [0.25, 0.3) is 10.9 Å². The number of para-hydroxylation sites is 1. The Morgan fingerprint density at radius 2 is 2.03 bits per heavy atom. The van der Waals surface area contributed by atoms with E-state index in [4.69, 9.17) is 19.2 Å². The fourth-order valence-electron chi connectivity index (χ4n) is 4.26. The number of nitrogens with one attached hydrogen (secondary N) is 1. The van der Waals surface area contributed by atoms with E-state index in [0.717, 1.165) is 29.8 Å². The molecule has 1 N–H and O–H groups in total. The normalized spacial score (nSPS) is 17.8. The van der Waals surface area contributed by atoms with Gasteiger partial charge in [0.05, 0.1) is 0 Å². The summed E-state index contributed by atoms with van der Waals surface area (Å²) in [5.41, 5.74) is 1.41. The quantitative estimate of drug-likeness (QED) is 0.648. The second-order valence-electron chi connectivity index (χ2n) is 8.39. The zero-order valence-corrected chi connectivity index (χ0v) is 18.2. The first-order valence-corrected chi connectivity index (χ1v) is 11.1. The Morgan fingerprint density at radius 3 is 2.91 bits per heavy atom. The van der Waals surface area contributed by atoms with Crippen molar-refractivity contribution >= 4 is 28.3 Å². The van der Waals surface area contributed by atoms with Crippen molar-refractivity contribution < 1.29 is 19.0 Å². The van der Waals surface area contributed by atoms with Gasteiger partial charge in [-0.3, -0.25) is 4.79 Å². The molecule has 7 heteroatoms. The van der Waals surface area contributed by atoms with E-state index in [2.05, 4.69) is 29.3 Å². The summed E-state index contributed by atoms with van der Waals surface area (Å²) in [4.78, 5) is 19.7. The molecule has 0 saturated carbocycles. The molecule has 0 radical (unpaired) electrons. The van der Waals surface area contributed by atoms with Gasteiger partial charge in [-0.15, -0.1) is 0 Å². The fourth-order valence-corrected chi connectivity index (χ4v) is 4.26. The largest absolute Gasteiger partial charge is 0.486 e. The Bertz CT molecular complexity index is 1130. The highest BCUT2D eigenvalue weighted by Gasteiger charge is 2.19. The SMILES string of the molecule is CC1CCCN(c2ccc3cccc(OCC(=O)Nc4ccc5c(c4)OCCO5)c3n2)C1. The van der Waals surface area contributed by atoms with Crippen LogP contribution in [0.4, 0.5) is 11.5 Å². The van der Waals surface area contributed by atoms with Gasteiger partial charge in [-0.2, -0.15) is 0 Å². The van der Waals surface area contributed by atoms with E-state index >= 15 is 0 Å². The second kappa shape index (κ2) is 8.94. The van der Waals surface area contributed by atoms with Crippen LogP contribution in [0, 0.1) is 5.92 Å². The van der Waals surface area contributed by atoms with Gasteiger partial charge in [0, 0.05) is 30.2 Å². The molecule has 32 heavy (non-hydrogen) atoms. The molecule has 3 aromatic rings. The van der Waals surface area contributed by atoms with Crippen molar-refractivity contribution in [3.63, 3.8) is 0 Å². The molecule has 1 saturated heterocycles. The minimum Gasteiger partial charge on any atom is -0.486 e. The Hall–Kier alpha value is -3.48. The minimum absolute atomic E-state index is 0.111. The Balaban J connectivity index is 1.28. The van der Waals surface area contributed by atoms with Crippen molar-refractivity contribution in [3.05, 3.63) is 48.5 Å². The zero-order valence-electron chi connectivity index (χ0n) is 18.2. The molecule has 2 aromatic carbocycles. The lowest BCUT2D eigenvalue weighted by Gasteiger charge is -2.32. The van der Waals surface area contributed by atoms with E-state index in [0.29, 0.717) is 42.1 Å². The highest BCUT2D eigenvalue weighted by Crippen LogP contribution is 2.33. The minimum atomic E-state index is -0.250. The summed E-state index contributed by atoms with van der Waals surface area (Å²) in [6, 6.07) is 15.3. The summed E-state index contributed by atoms with van der Waals surface area (Å²) in [6.45, 7) is 5.23. The Kier molecular flexibility index (Phi) is 5.71. The first-order valence-electron chi connectivity index (χ1n) is 11.1. The van der Waals surface area contributed by atoms with Crippen molar-refractivity contribution in [2.75, 3.05) is 43.1 Å². The number of piperidine rings is 1. The van der Waals surface area contributed by atoms with Crippen LogP contribution < -0.4 is 24.4 Å². The summed E-state index contributed by atoms with van der Waals surface area (Å²) < 4.78 is 17.0. The van der Waals surface area contributed by atoms with Gasteiger partial charge >= 0.3 is 0 Å². The number of benzene rings is 2. The van der Waals surface area contributed by atoms with Crippen LogP contribution in [-0.2, 0) is 4.79 Å². The number of carbonyl (C=O) groups is 1. The standard InChI is InChI=1S/C25H27N3O4/c1-17-4-3-11-28(15-17)23-10-7-18-5-2-6-21(25(18)27-23)32-16-24(29)26-19-8-9-20-22(14-19)31-13-12-30-20/h2,5-10,14,17H,3-4,11-13,15-16H2,1H3,(H,26,29). The van der Waals surface area contributed by atoms with Gasteiger partial charge in [-0.05, 0) is 49.1 Å². The van der Waals surface area contributed by atoms with Gasteiger partial charge in [-0.25, -0.2) is 4.98 Å². The van der Waals surface area contributed by atoms with E-state index in [1.807, 2.05) is 18.2 Å². The molecule has 7 nitrogen and oxygen atoms in total. The summed E-state index contributed by atoms with van der Waals surface area (Å²) in [6.07, 6.45) is 2.44. The number of aromatic nitrogens is 1. The second-order valence-corrected chi connectivity index (χ2v) is 8.39. The predicted molar refractivity (Wildman–Crippen MR) is 124 cm³/mol. The number of ether oxygens (including phenoxy) is 3. The van der Waals surface area contributed by atoms with Gasteiger partial charge in [0.1, 0.15) is 30.3 Å². The van der Waals surface area contributed by atoms with Crippen molar-refractivity contribution in [3.8, 4) is 17.2 Å². The number of anilines is 2. The zero-order chi connectivity index (χ0) is 21.9. The van der Waals surface area contributed by atoms with E-state index in [1.54, 1.807) is 18.2 Å². The first-order chi connectivity index (χ1) is 15.7. The van der Waals surface area contributed by atoms with Crippen LogP contribution in [-0.4, -0.2) is 43.8 Å². The molecule has 1 unspecified atom stereocenters. The molecular formula is C25H27N3O4. The summed E-state index contributed by atoms with van der Waals surface area (Å²) in [7, 11) is 0. The van der Waals surface area contributed by atoms with Crippen LogP contribution in [0.1, 0.15) is 19.8 Å². The van der Waals surface area contributed by atoms with E-state index in [-0.39, 0.29) is 12.5 Å². The molecule has 2 aliphatic rings.